The highest BCUT2D eigenvalue weighted by molar-refractivity contribution is 7.16. The molecule has 4 rings (SSSR count). The monoisotopic (exact) mass is 373 g/mol. The molecule has 0 saturated carbocycles. The van der Waals surface area contributed by atoms with Gasteiger partial charge in [0.1, 0.15) is 6.04 Å². The van der Waals surface area contributed by atoms with Gasteiger partial charge in [0, 0.05) is 20.7 Å². The summed E-state index contributed by atoms with van der Waals surface area (Å²) in [7, 11) is 0. The first kappa shape index (κ1) is 16.3. The molecule has 0 bridgehead atoms. The summed E-state index contributed by atoms with van der Waals surface area (Å²) in [6, 6.07) is -0.433. The van der Waals surface area contributed by atoms with Gasteiger partial charge in [-0.2, -0.15) is 0 Å². The van der Waals surface area contributed by atoms with Gasteiger partial charge in [0.15, 0.2) is 5.76 Å². The summed E-state index contributed by atoms with van der Waals surface area (Å²) in [6.07, 6.45) is 0.183. The minimum atomic E-state index is -0.433. The standard InChI is InChI=1S/C17H16N4O2S2/c1-7-9(3)25-17-13(7)15(11-5-24-6-19-11)20-10(4-12(18)22)16-14(17)8(2)21-23-16/h5-6,10H,4H2,1-3H3,(H2,18,22)/p+1. The second-order valence-corrected chi connectivity index (χ2v) is 8.05. The number of aryl methyl sites for hydroxylation is 2. The highest BCUT2D eigenvalue weighted by Gasteiger charge is 2.34. The molecule has 128 valence electrons. The van der Waals surface area contributed by atoms with E-state index >= 15 is 0 Å². The van der Waals surface area contributed by atoms with Crippen LogP contribution < -0.4 is 5.73 Å². The minimum absolute atomic E-state index is 0.176. The van der Waals surface area contributed by atoms with Gasteiger partial charge in [0.25, 0.3) is 0 Å². The Hall–Kier alpha value is -2.16. The number of quaternary nitrogens is 1. The number of hydrogen-bond donors (Lipinski definition) is 1. The summed E-state index contributed by atoms with van der Waals surface area (Å²) in [6.45, 7) is 6.13. The Balaban J connectivity index is 2.05. The summed E-state index contributed by atoms with van der Waals surface area (Å²) in [5.41, 5.74) is 11.0. The second-order valence-electron chi connectivity index (χ2n) is 6.10. The molecule has 0 saturated heterocycles. The molecule has 1 amide bonds. The Kier molecular flexibility index (Phi) is 3.90. The van der Waals surface area contributed by atoms with Crippen molar-refractivity contribution in [2.75, 3.05) is 0 Å². The molecule has 1 aliphatic heterocycles. The summed E-state index contributed by atoms with van der Waals surface area (Å²) in [5, 5.41) is 6.12. The molecule has 0 aliphatic carbocycles. The molecule has 3 aromatic heterocycles. The Morgan fingerprint density at radius 2 is 2.12 bits per heavy atom. The van der Waals surface area contributed by atoms with Crippen LogP contribution in [0.2, 0.25) is 0 Å². The average molecular weight is 373 g/mol. The van der Waals surface area contributed by atoms with Crippen molar-refractivity contribution in [1.29, 1.82) is 0 Å². The lowest BCUT2D eigenvalue weighted by Gasteiger charge is -2.08. The number of nitrogens with zero attached hydrogens (tertiary/aromatic N) is 3. The zero-order valence-corrected chi connectivity index (χ0v) is 15.8. The van der Waals surface area contributed by atoms with Gasteiger partial charge in [-0.15, -0.1) is 22.7 Å². The van der Waals surface area contributed by atoms with Crippen molar-refractivity contribution in [2.24, 2.45) is 4.99 Å². The van der Waals surface area contributed by atoms with Crippen LogP contribution in [0.5, 0.6) is 0 Å². The fourth-order valence-electron chi connectivity index (χ4n) is 3.14. The Morgan fingerprint density at radius 3 is 2.80 bits per heavy atom. The van der Waals surface area contributed by atoms with Gasteiger partial charge in [-0.25, -0.2) is 9.78 Å². The number of rotatable bonds is 3. The molecule has 0 fully saturated rings. The highest BCUT2D eigenvalue weighted by atomic mass is 32.1. The van der Waals surface area contributed by atoms with E-state index in [1.54, 1.807) is 16.8 Å². The largest absolute Gasteiger partial charge is 0.358 e. The SMILES string of the molecule is Cc1noc2c1-c1sc(C)c(C)c1C(c1cscn1)=NC2CC([NH3+])=O. The number of thiazole rings is 1. The molecule has 4 heterocycles. The van der Waals surface area contributed by atoms with E-state index in [-0.39, 0.29) is 12.3 Å². The molecule has 1 aliphatic rings. The molecule has 25 heavy (non-hydrogen) atoms. The third-order valence-corrected chi connectivity index (χ3v) is 6.23. The normalized spacial score (nSPS) is 16.2. The molecule has 6 nitrogen and oxygen atoms in total. The molecular weight excluding hydrogens is 356 g/mol. The van der Waals surface area contributed by atoms with E-state index in [2.05, 4.69) is 29.7 Å². The molecule has 0 spiro atoms. The Bertz CT molecular complexity index is 998. The van der Waals surface area contributed by atoms with Gasteiger partial charge in [-0.05, 0) is 26.3 Å². The average Bonchev–Trinajstić information content (AvgIpc) is 3.24. The number of aliphatic imine (C=N–C) groups is 1. The van der Waals surface area contributed by atoms with Crippen LogP contribution in [0.25, 0.3) is 10.4 Å². The summed E-state index contributed by atoms with van der Waals surface area (Å²) in [4.78, 5) is 23.4. The van der Waals surface area contributed by atoms with Crippen LogP contribution in [0.1, 0.15) is 45.6 Å². The van der Waals surface area contributed by atoms with Crippen molar-refractivity contribution in [2.45, 2.75) is 33.2 Å². The predicted octanol–water partition coefficient (Wildman–Crippen LogP) is 2.84. The fourth-order valence-corrected chi connectivity index (χ4v) is 4.94. The fraction of sp³-hybridized carbons (Fsp3) is 0.294. The third-order valence-electron chi connectivity index (χ3n) is 4.42. The van der Waals surface area contributed by atoms with E-state index in [0.29, 0.717) is 5.76 Å². The van der Waals surface area contributed by atoms with Gasteiger partial charge in [-0.3, -0.25) is 10.7 Å². The number of fused-ring (bicyclic) bond motifs is 3. The summed E-state index contributed by atoms with van der Waals surface area (Å²) >= 11 is 3.24. The van der Waals surface area contributed by atoms with Gasteiger partial charge in [0.2, 0.25) is 0 Å². The van der Waals surface area contributed by atoms with Crippen LogP contribution in [-0.2, 0) is 4.79 Å². The number of hydrogen-bond acceptors (Lipinski definition) is 7. The number of aromatic nitrogens is 2. The van der Waals surface area contributed by atoms with Crippen molar-refractivity contribution in [3.8, 4) is 10.4 Å². The predicted molar refractivity (Wildman–Crippen MR) is 97.0 cm³/mol. The minimum Gasteiger partial charge on any atom is -0.358 e. The summed E-state index contributed by atoms with van der Waals surface area (Å²) < 4.78 is 5.60. The zero-order chi connectivity index (χ0) is 17.7. The maximum absolute atomic E-state index is 11.7. The van der Waals surface area contributed by atoms with Crippen LogP contribution in [0.4, 0.5) is 0 Å². The second kappa shape index (κ2) is 5.98. The molecule has 0 radical (unpaired) electrons. The maximum atomic E-state index is 11.7. The quantitative estimate of drug-likeness (QED) is 0.763. The number of amides is 1. The van der Waals surface area contributed by atoms with E-state index in [0.717, 1.165) is 33.1 Å². The van der Waals surface area contributed by atoms with Crippen molar-refractivity contribution >= 4 is 34.3 Å². The molecule has 8 heteroatoms. The molecule has 0 aromatic carbocycles. The first-order valence-corrected chi connectivity index (χ1v) is 9.61. The van der Waals surface area contributed by atoms with E-state index < -0.39 is 6.04 Å². The van der Waals surface area contributed by atoms with Crippen molar-refractivity contribution in [1.82, 2.24) is 10.1 Å². The van der Waals surface area contributed by atoms with Crippen LogP contribution in [0.3, 0.4) is 0 Å². The van der Waals surface area contributed by atoms with E-state index in [1.807, 2.05) is 12.3 Å². The third kappa shape index (κ3) is 2.57. The van der Waals surface area contributed by atoms with Crippen LogP contribution >= 0.6 is 22.7 Å². The lowest BCUT2D eigenvalue weighted by molar-refractivity contribution is -0.306. The van der Waals surface area contributed by atoms with Crippen molar-refractivity contribution in [3.05, 3.63) is 44.0 Å². The van der Waals surface area contributed by atoms with Gasteiger partial charge in [0.05, 0.1) is 34.6 Å². The van der Waals surface area contributed by atoms with Crippen molar-refractivity contribution < 1.29 is 15.1 Å². The van der Waals surface area contributed by atoms with E-state index in [9.17, 15) is 4.79 Å². The highest BCUT2D eigenvalue weighted by Crippen LogP contribution is 2.46. The number of thiophene rings is 1. The smallest absolute Gasteiger partial charge is 0.311 e. The lowest BCUT2D eigenvalue weighted by Crippen LogP contribution is -2.57. The topological polar surface area (TPSA) is 96.0 Å². The van der Waals surface area contributed by atoms with Crippen LogP contribution in [-0.4, -0.2) is 21.8 Å². The van der Waals surface area contributed by atoms with Gasteiger partial charge < -0.3 is 4.52 Å². The van der Waals surface area contributed by atoms with Crippen molar-refractivity contribution in [3.63, 3.8) is 0 Å². The van der Waals surface area contributed by atoms with Crippen LogP contribution in [0.15, 0.2) is 20.4 Å². The number of carbonyl (C=O) groups excluding carboxylic acids is 1. The van der Waals surface area contributed by atoms with E-state index in [1.165, 1.54) is 21.8 Å². The molecule has 1 atom stereocenters. The molecule has 3 N–H and O–H groups in total. The van der Waals surface area contributed by atoms with E-state index in [4.69, 9.17) is 9.52 Å². The molecule has 3 aromatic rings. The first-order chi connectivity index (χ1) is 12.0. The number of carbonyl (C=O) groups is 1. The van der Waals surface area contributed by atoms with Gasteiger partial charge in [-0.1, -0.05) is 5.16 Å². The Labute approximate surface area is 152 Å². The molecule has 1 unspecified atom stereocenters. The Morgan fingerprint density at radius 1 is 1.32 bits per heavy atom. The molecular formula is C17H17N4O2S2+. The lowest BCUT2D eigenvalue weighted by atomic mass is 9.99. The summed E-state index contributed by atoms with van der Waals surface area (Å²) in [5.74, 6) is 0.465. The van der Waals surface area contributed by atoms with Crippen LogP contribution in [0, 0.1) is 20.8 Å². The van der Waals surface area contributed by atoms with Gasteiger partial charge >= 0.3 is 5.91 Å². The first-order valence-electron chi connectivity index (χ1n) is 7.85. The maximum Gasteiger partial charge on any atom is 0.311 e. The zero-order valence-electron chi connectivity index (χ0n) is 14.1.